The molecule has 0 aromatic heterocycles. The van der Waals surface area contributed by atoms with Gasteiger partial charge in [-0.05, 0) is 34.6 Å². The van der Waals surface area contributed by atoms with Crippen LogP contribution in [0.4, 0.5) is 4.79 Å². The molecule has 3 atom stereocenters. The lowest BCUT2D eigenvalue weighted by molar-refractivity contribution is -0.155. The van der Waals surface area contributed by atoms with E-state index in [0.29, 0.717) is 0 Å². The monoisotopic (exact) mass is 313 g/mol. The third-order valence-electron chi connectivity index (χ3n) is 3.32. The molecule has 0 bridgehead atoms. The van der Waals surface area contributed by atoms with E-state index in [2.05, 4.69) is 0 Å². The summed E-state index contributed by atoms with van der Waals surface area (Å²) in [6.45, 7) is 8.79. The quantitative estimate of drug-likeness (QED) is 0.824. The lowest BCUT2D eigenvalue weighted by atomic mass is 10.1. The minimum atomic E-state index is -1.09. The Hall–Kier alpha value is -1.44. The molecule has 0 aliphatic carbocycles. The van der Waals surface area contributed by atoms with Gasteiger partial charge in [0.2, 0.25) is 0 Å². The molecule has 0 spiro atoms. The van der Waals surface area contributed by atoms with Crippen LogP contribution in [-0.4, -0.2) is 58.3 Å². The summed E-state index contributed by atoms with van der Waals surface area (Å²) < 4.78 is 16.2. The zero-order valence-electron chi connectivity index (χ0n) is 13.5. The van der Waals surface area contributed by atoms with Gasteiger partial charge in [0.05, 0.1) is 12.6 Å². The molecule has 1 fully saturated rings. The molecule has 0 unspecified atom stereocenters. The highest BCUT2D eigenvalue weighted by atomic mass is 16.7. The van der Waals surface area contributed by atoms with E-state index in [1.807, 2.05) is 0 Å². The van der Waals surface area contributed by atoms with Crippen LogP contribution in [0.5, 0.6) is 0 Å². The van der Waals surface area contributed by atoms with E-state index in [4.69, 9.17) is 14.2 Å². The van der Waals surface area contributed by atoms with Crippen molar-refractivity contribution in [2.24, 2.45) is 0 Å². The SMILES string of the molecule is CC(C)(C)OC(=O)N1C(=O)C=C[C@@H]1[C@H](O)[C@H]1COC(C)(C)O1. The number of amides is 2. The van der Waals surface area contributed by atoms with Crippen LogP contribution in [0.2, 0.25) is 0 Å². The first-order chi connectivity index (χ1) is 10.0. The molecule has 1 saturated heterocycles. The number of nitrogens with zero attached hydrogens (tertiary/aromatic N) is 1. The Labute approximate surface area is 129 Å². The predicted octanol–water partition coefficient (Wildman–Crippen LogP) is 1.20. The third kappa shape index (κ3) is 3.66. The normalized spacial score (nSPS) is 29.0. The van der Waals surface area contributed by atoms with Gasteiger partial charge in [-0.15, -0.1) is 0 Å². The summed E-state index contributed by atoms with van der Waals surface area (Å²) in [6, 6.07) is -0.829. The molecule has 7 nitrogen and oxygen atoms in total. The summed E-state index contributed by atoms with van der Waals surface area (Å²) in [4.78, 5) is 25.0. The van der Waals surface area contributed by atoms with E-state index in [1.165, 1.54) is 12.2 Å². The van der Waals surface area contributed by atoms with Gasteiger partial charge < -0.3 is 19.3 Å². The largest absolute Gasteiger partial charge is 0.443 e. The predicted molar refractivity (Wildman–Crippen MR) is 76.9 cm³/mol. The molecule has 2 rings (SSSR count). The van der Waals surface area contributed by atoms with Gasteiger partial charge in [0.15, 0.2) is 5.79 Å². The topological polar surface area (TPSA) is 85.3 Å². The number of aliphatic hydroxyl groups is 1. The van der Waals surface area contributed by atoms with Crippen LogP contribution in [0.3, 0.4) is 0 Å². The second kappa shape index (κ2) is 5.64. The fraction of sp³-hybridized carbons (Fsp3) is 0.733. The summed E-state index contributed by atoms with van der Waals surface area (Å²) in [5, 5.41) is 10.5. The van der Waals surface area contributed by atoms with E-state index in [-0.39, 0.29) is 6.61 Å². The Balaban J connectivity index is 2.10. The minimum Gasteiger partial charge on any atom is -0.443 e. The Bertz CT molecular complexity index is 493. The molecule has 1 N–H and O–H groups in total. The number of hydrogen-bond acceptors (Lipinski definition) is 6. The van der Waals surface area contributed by atoms with Gasteiger partial charge in [-0.25, -0.2) is 9.69 Å². The average molecular weight is 313 g/mol. The average Bonchev–Trinajstić information content (AvgIpc) is 2.89. The molecule has 124 valence electrons. The van der Waals surface area contributed by atoms with Gasteiger partial charge in [-0.1, -0.05) is 6.08 Å². The molecule has 2 aliphatic rings. The maximum absolute atomic E-state index is 12.2. The number of aliphatic hydroxyl groups excluding tert-OH is 1. The molecular weight excluding hydrogens is 290 g/mol. The van der Waals surface area contributed by atoms with Gasteiger partial charge in [0, 0.05) is 6.08 Å². The van der Waals surface area contributed by atoms with Crippen LogP contribution in [-0.2, 0) is 19.0 Å². The van der Waals surface area contributed by atoms with Crippen LogP contribution in [0.1, 0.15) is 34.6 Å². The van der Waals surface area contributed by atoms with Gasteiger partial charge in [0.1, 0.15) is 17.8 Å². The van der Waals surface area contributed by atoms with Crippen molar-refractivity contribution in [2.75, 3.05) is 6.61 Å². The summed E-state index contributed by atoms with van der Waals surface area (Å²) in [6.07, 6.45) is 0.229. The van der Waals surface area contributed by atoms with Crippen molar-refractivity contribution in [2.45, 2.75) is 64.3 Å². The molecule has 0 radical (unpaired) electrons. The lowest BCUT2D eigenvalue weighted by Gasteiger charge is -2.31. The Kier molecular flexibility index (Phi) is 4.34. The van der Waals surface area contributed by atoms with Crippen molar-refractivity contribution in [3.8, 4) is 0 Å². The van der Waals surface area contributed by atoms with Gasteiger partial charge in [-0.2, -0.15) is 0 Å². The summed E-state index contributed by atoms with van der Waals surface area (Å²) >= 11 is 0. The third-order valence-corrected chi connectivity index (χ3v) is 3.32. The van der Waals surface area contributed by atoms with Crippen molar-refractivity contribution in [3.63, 3.8) is 0 Å². The van der Waals surface area contributed by atoms with Crippen LogP contribution in [0, 0.1) is 0 Å². The highest BCUT2D eigenvalue weighted by molar-refractivity contribution is 6.01. The van der Waals surface area contributed by atoms with E-state index < -0.39 is 41.6 Å². The number of hydrogen-bond donors (Lipinski definition) is 1. The number of ether oxygens (including phenoxy) is 3. The van der Waals surface area contributed by atoms with E-state index in [0.717, 1.165) is 4.90 Å². The van der Waals surface area contributed by atoms with E-state index >= 15 is 0 Å². The maximum Gasteiger partial charge on any atom is 0.417 e. The number of imide groups is 1. The summed E-state index contributed by atoms with van der Waals surface area (Å²) in [7, 11) is 0. The Morgan fingerprint density at radius 2 is 2.14 bits per heavy atom. The number of carbonyl (C=O) groups is 2. The van der Waals surface area contributed by atoms with E-state index in [9.17, 15) is 14.7 Å². The lowest BCUT2D eigenvalue weighted by Crippen LogP contribution is -2.51. The maximum atomic E-state index is 12.2. The fourth-order valence-electron chi connectivity index (χ4n) is 2.39. The van der Waals surface area contributed by atoms with Crippen molar-refractivity contribution >= 4 is 12.0 Å². The summed E-state index contributed by atoms with van der Waals surface area (Å²) in [5.41, 5.74) is -0.732. The molecule has 2 aliphatic heterocycles. The minimum absolute atomic E-state index is 0.189. The van der Waals surface area contributed by atoms with Gasteiger partial charge >= 0.3 is 6.09 Å². The van der Waals surface area contributed by atoms with Crippen LogP contribution in [0.15, 0.2) is 12.2 Å². The first-order valence-corrected chi connectivity index (χ1v) is 7.24. The second-order valence-electron chi connectivity index (χ2n) is 6.90. The first-order valence-electron chi connectivity index (χ1n) is 7.24. The molecule has 22 heavy (non-hydrogen) atoms. The van der Waals surface area contributed by atoms with Crippen molar-refractivity contribution in [1.82, 2.24) is 4.90 Å². The van der Waals surface area contributed by atoms with Gasteiger partial charge in [0.25, 0.3) is 5.91 Å². The van der Waals surface area contributed by atoms with Crippen LogP contribution >= 0.6 is 0 Å². The molecule has 7 heteroatoms. The fourth-order valence-corrected chi connectivity index (χ4v) is 2.39. The Morgan fingerprint density at radius 3 is 2.64 bits per heavy atom. The summed E-state index contributed by atoms with van der Waals surface area (Å²) in [5.74, 6) is -1.31. The van der Waals surface area contributed by atoms with Crippen molar-refractivity contribution in [1.29, 1.82) is 0 Å². The molecule has 0 aromatic rings. The highest BCUT2D eigenvalue weighted by Gasteiger charge is 2.45. The van der Waals surface area contributed by atoms with Crippen LogP contribution < -0.4 is 0 Å². The van der Waals surface area contributed by atoms with Crippen molar-refractivity contribution < 1.29 is 28.9 Å². The zero-order valence-corrected chi connectivity index (χ0v) is 13.5. The standard InChI is InChI=1S/C15H23NO6/c1-14(2,3)22-13(19)16-9(6-7-11(16)17)12(18)10-8-20-15(4,5)21-10/h6-7,9-10,12,18H,8H2,1-5H3/t9-,10-,12+/m1/s1. The van der Waals surface area contributed by atoms with Crippen LogP contribution in [0.25, 0.3) is 0 Å². The van der Waals surface area contributed by atoms with E-state index in [1.54, 1.807) is 34.6 Å². The number of carbonyl (C=O) groups excluding carboxylic acids is 2. The molecular formula is C15H23NO6. The molecule has 2 heterocycles. The first kappa shape index (κ1) is 16.9. The zero-order chi connectivity index (χ0) is 16.7. The second-order valence-corrected chi connectivity index (χ2v) is 6.90. The molecule has 2 amide bonds. The van der Waals surface area contributed by atoms with Crippen molar-refractivity contribution in [3.05, 3.63) is 12.2 Å². The number of rotatable bonds is 2. The highest BCUT2D eigenvalue weighted by Crippen LogP contribution is 2.28. The molecule has 0 aromatic carbocycles. The molecule has 0 saturated carbocycles. The smallest absolute Gasteiger partial charge is 0.417 e. The van der Waals surface area contributed by atoms with Gasteiger partial charge in [-0.3, -0.25) is 4.79 Å². The Morgan fingerprint density at radius 1 is 1.50 bits per heavy atom.